The minimum atomic E-state index is -0.0768. The largest absolute Gasteiger partial charge is 0.377 e. The van der Waals surface area contributed by atoms with Crippen LogP contribution in [0.25, 0.3) is 0 Å². The number of fused-ring (bicyclic) bond motifs is 1. The van der Waals surface area contributed by atoms with Crippen molar-refractivity contribution in [3.8, 4) is 0 Å². The van der Waals surface area contributed by atoms with Crippen LogP contribution in [0.15, 0.2) is 24.3 Å². The van der Waals surface area contributed by atoms with Gasteiger partial charge in [0, 0.05) is 0 Å². The summed E-state index contributed by atoms with van der Waals surface area (Å²) < 4.78 is 33.3. The molecule has 1 fully saturated rings. The van der Waals surface area contributed by atoms with E-state index in [0.717, 1.165) is 0 Å². The fraction of sp³-hybridized carbons (Fsp3) is 0.750. The minimum absolute atomic E-state index is 0.0768. The molecule has 1 heterocycles. The molecule has 2 atom stereocenters. The van der Waals surface area contributed by atoms with Crippen molar-refractivity contribution < 1.29 is 28.4 Å². The van der Waals surface area contributed by atoms with E-state index in [2.05, 4.69) is 0 Å². The van der Waals surface area contributed by atoms with E-state index in [1.807, 2.05) is 24.3 Å². The number of rotatable bonds is 0. The van der Waals surface area contributed by atoms with E-state index in [1.165, 1.54) is 0 Å². The molecule has 126 valence electrons. The highest BCUT2D eigenvalue weighted by Gasteiger charge is 2.19. The van der Waals surface area contributed by atoms with Crippen molar-refractivity contribution in [2.45, 2.75) is 12.2 Å². The highest BCUT2D eigenvalue weighted by Crippen LogP contribution is 2.12. The molecule has 0 aromatic heterocycles. The van der Waals surface area contributed by atoms with Gasteiger partial charge in [-0.05, 0) is 0 Å². The molecule has 2 unspecified atom stereocenters. The SMILES string of the molecule is C1=CC2OCCOCCOCCOCCOCCOC2C=C1. The van der Waals surface area contributed by atoms with Crippen LogP contribution in [-0.4, -0.2) is 78.3 Å². The lowest BCUT2D eigenvalue weighted by Crippen LogP contribution is -2.32. The first-order valence-corrected chi connectivity index (χ1v) is 7.86. The van der Waals surface area contributed by atoms with Crippen LogP contribution in [0.5, 0.6) is 0 Å². The monoisotopic (exact) mass is 314 g/mol. The van der Waals surface area contributed by atoms with Crippen molar-refractivity contribution in [1.29, 1.82) is 0 Å². The van der Waals surface area contributed by atoms with Crippen molar-refractivity contribution in [3.63, 3.8) is 0 Å². The molecule has 2 rings (SSSR count). The van der Waals surface area contributed by atoms with Crippen LogP contribution in [-0.2, 0) is 28.4 Å². The van der Waals surface area contributed by atoms with Crippen molar-refractivity contribution in [2.75, 3.05) is 66.1 Å². The van der Waals surface area contributed by atoms with Gasteiger partial charge in [-0.3, -0.25) is 0 Å². The molecule has 0 aromatic rings. The summed E-state index contributed by atoms with van der Waals surface area (Å²) >= 11 is 0. The van der Waals surface area contributed by atoms with E-state index < -0.39 is 0 Å². The fourth-order valence-electron chi connectivity index (χ4n) is 2.12. The van der Waals surface area contributed by atoms with Crippen molar-refractivity contribution >= 4 is 0 Å². The van der Waals surface area contributed by atoms with E-state index >= 15 is 0 Å². The number of ether oxygens (including phenoxy) is 6. The Morgan fingerprint density at radius 1 is 0.455 bits per heavy atom. The molecule has 0 aromatic carbocycles. The quantitative estimate of drug-likeness (QED) is 0.664. The summed E-state index contributed by atoms with van der Waals surface area (Å²) in [6.45, 7) is 5.56. The molecule has 0 bridgehead atoms. The van der Waals surface area contributed by atoms with Crippen molar-refractivity contribution in [3.05, 3.63) is 24.3 Å². The number of hydrogen-bond acceptors (Lipinski definition) is 6. The molecule has 2 aliphatic rings. The predicted octanol–water partition coefficient (Wildman–Crippen LogP) is 0.963. The second-order valence-electron chi connectivity index (χ2n) is 4.89. The van der Waals surface area contributed by atoms with Crippen molar-refractivity contribution in [2.24, 2.45) is 0 Å². The molecule has 6 heteroatoms. The van der Waals surface area contributed by atoms with E-state index in [1.54, 1.807) is 0 Å². The van der Waals surface area contributed by atoms with Crippen LogP contribution in [0.3, 0.4) is 0 Å². The molecular weight excluding hydrogens is 288 g/mol. The Kier molecular flexibility index (Phi) is 9.40. The summed E-state index contributed by atoms with van der Waals surface area (Å²) in [5.41, 5.74) is 0. The zero-order chi connectivity index (χ0) is 15.3. The zero-order valence-corrected chi connectivity index (χ0v) is 13.0. The topological polar surface area (TPSA) is 55.4 Å². The minimum Gasteiger partial charge on any atom is -0.377 e. The Hall–Kier alpha value is -0.760. The highest BCUT2D eigenvalue weighted by atomic mass is 16.6. The molecule has 0 amide bonds. The third kappa shape index (κ3) is 7.49. The summed E-state index contributed by atoms with van der Waals surface area (Å²) in [6.07, 6.45) is 7.79. The third-order valence-corrected chi connectivity index (χ3v) is 3.23. The fourth-order valence-corrected chi connectivity index (χ4v) is 2.12. The van der Waals surface area contributed by atoms with Gasteiger partial charge in [0.1, 0.15) is 12.2 Å². The van der Waals surface area contributed by atoms with Gasteiger partial charge in [-0.15, -0.1) is 0 Å². The van der Waals surface area contributed by atoms with E-state index in [4.69, 9.17) is 28.4 Å². The first kappa shape index (κ1) is 17.6. The molecule has 1 aliphatic heterocycles. The van der Waals surface area contributed by atoms with E-state index in [9.17, 15) is 0 Å². The van der Waals surface area contributed by atoms with Gasteiger partial charge in [0.15, 0.2) is 0 Å². The zero-order valence-electron chi connectivity index (χ0n) is 13.0. The Balaban J connectivity index is 1.71. The summed E-state index contributed by atoms with van der Waals surface area (Å²) in [6, 6.07) is 0. The summed E-state index contributed by atoms with van der Waals surface area (Å²) in [5.74, 6) is 0. The second-order valence-corrected chi connectivity index (χ2v) is 4.89. The van der Waals surface area contributed by atoms with Crippen molar-refractivity contribution in [1.82, 2.24) is 0 Å². The molecule has 0 spiro atoms. The van der Waals surface area contributed by atoms with Crippen LogP contribution in [0.1, 0.15) is 0 Å². The van der Waals surface area contributed by atoms with E-state index in [0.29, 0.717) is 66.1 Å². The maximum atomic E-state index is 5.80. The average Bonchev–Trinajstić information content (AvgIpc) is 2.55. The van der Waals surface area contributed by atoms with Gasteiger partial charge in [0.2, 0.25) is 0 Å². The van der Waals surface area contributed by atoms with Crippen LogP contribution >= 0.6 is 0 Å². The lowest BCUT2D eigenvalue weighted by atomic mass is 10.1. The molecule has 1 aliphatic carbocycles. The van der Waals surface area contributed by atoms with Crippen LogP contribution in [0.2, 0.25) is 0 Å². The predicted molar refractivity (Wildman–Crippen MR) is 81.0 cm³/mol. The molecule has 6 nitrogen and oxygen atoms in total. The Morgan fingerprint density at radius 3 is 1.14 bits per heavy atom. The average molecular weight is 314 g/mol. The van der Waals surface area contributed by atoms with Crippen LogP contribution in [0.4, 0.5) is 0 Å². The molecular formula is C16H26O6. The molecule has 22 heavy (non-hydrogen) atoms. The number of hydrogen-bond donors (Lipinski definition) is 0. The first-order chi connectivity index (χ1) is 11.0. The summed E-state index contributed by atoms with van der Waals surface area (Å²) in [5, 5.41) is 0. The Labute approximate surface area is 132 Å². The van der Waals surface area contributed by atoms with Gasteiger partial charge in [0.25, 0.3) is 0 Å². The summed E-state index contributed by atoms with van der Waals surface area (Å²) in [4.78, 5) is 0. The maximum absolute atomic E-state index is 5.80. The molecule has 0 radical (unpaired) electrons. The van der Waals surface area contributed by atoms with E-state index in [-0.39, 0.29) is 12.2 Å². The normalized spacial score (nSPS) is 30.2. The second kappa shape index (κ2) is 11.8. The summed E-state index contributed by atoms with van der Waals surface area (Å²) in [7, 11) is 0. The van der Waals surface area contributed by atoms with Gasteiger partial charge < -0.3 is 28.4 Å². The Bertz CT molecular complexity index is 299. The third-order valence-electron chi connectivity index (χ3n) is 3.23. The standard InChI is InChI=1S/C16H26O6/c1-2-4-16-15(3-1)21-13-11-19-9-7-17-5-6-18-8-10-20-12-14-22-16/h1-4,15-16H,5-14H2. The van der Waals surface area contributed by atoms with Gasteiger partial charge >= 0.3 is 0 Å². The molecule has 0 N–H and O–H groups in total. The highest BCUT2D eigenvalue weighted by molar-refractivity contribution is 5.16. The van der Waals surface area contributed by atoms with Gasteiger partial charge in [-0.1, -0.05) is 24.3 Å². The van der Waals surface area contributed by atoms with Gasteiger partial charge in [-0.2, -0.15) is 0 Å². The smallest absolute Gasteiger partial charge is 0.106 e. The van der Waals surface area contributed by atoms with Gasteiger partial charge in [0.05, 0.1) is 66.1 Å². The molecule has 1 saturated heterocycles. The lowest BCUT2D eigenvalue weighted by molar-refractivity contribution is -0.0687. The number of allylic oxidation sites excluding steroid dienone is 2. The molecule has 0 saturated carbocycles. The van der Waals surface area contributed by atoms with Crippen LogP contribution in [0, 0.1) is 0 Å². The lowest BCUT2D eigenvalue weighted by Gasteiger charge is -2.24. The Morgan fingerprint density at radius 2 is 0.773 bits per heavy atom. The maximum Gasteiger partial charge on any atom is 0.106 e. The van der Waals surface area contributed by atoms with Gasteiger partial charge in [-0.25, -0.2) is 0 Å². The van der Waals surface area contributed by atoms with Crippen LogP contribution < -0.4 is 0 Å². The first-order valence-electron chi connectivity index (χ1n) is 7.86.